The van der Waals surface area contributed by atoms with Crippen molar-refractivity contribution in [2.45, 2.75) is 6.92 Å². The van der Waals surface area contributed by atoms with Gasteiger partial charge in [0.05, 0.1) is 11.8 Å². The summed E-state index contributed by atoms with van der Waals surface area (Å²) in [4.78, 5) is 39.7. The Morgan fingerprint density at radius 1 is 1.35 bits per heavy atom. The predicted octanol–water partition coefficient (Wildman–Crippen LogP) is 1.03. The Hall–Kier alpha value is -2.96. The quantitative estimate of drug-likeness (QED) is 0.773. The fraction of sp³-hybridized carbons (Fsp3) is 0.0769. The topological polar surface area (TPSA) is 112 Å². The molecule has 0 aliphatic rings. The number of amides is 1. The molecule has 0 radical (unpaired) electrons. The number of H-pyrrole nitrogens is 1. The minimum absolute atomic E-state index is 0.0297. The van der Waals surface area contributed by atoms with Gasteiger partial charge >= 0.3 is 5.97 Å². The summed E-state index contributed by atoms with van der Waals surface area (Å²) in [5, 5.41) is 11.5. The third-order valence-corrected chi connectivity index (χ3v) is 2.63. The van der Waals surface area contributed by atoms with Crippen molar-refractivity contribution in [3.8, 4) is 0 Å². The van der Waals surface area contributed by atoms with Crippen LogP contribution in [0.25, 0.3) is 0 Å². The van der Waals surface area contributed by atoms with E-state index in [0.29, 0.717) is 11.3 Å². The second-order valence-corrected chi connectivity index (χ2v) is 4.09. The molecule has 0 saturated carbocycles. The van der Waals surface area contributed by atoms with E-state index in [1.165, 1.54) is 12.3 Å². The lowest BCUT2D eigenvalue weighted by Gasteiger charge is -2.07. The number of carboxylic acids is 1. The van der Waals surface area contributed by atoms with Crippen molar-refractivity contribution in [1.29, 1.82) is 0 Å². The van der Waals surface area contributed by atoms with Crippen molar-refractivity contribution < 1.29 is 14.7 Å². The standard InChI is InChI=1S/C13H11N3O4/c1-7-2-3-8(4-9(7)13(19)20)16-12(18)10-5-15-11(17)6-14-10/h2-6H,1H3,(H,15,17)(H,16,18)(H,19,20). The SMILES string of the molecule is Cc1ccc(NC(=O)c2c[nH]c(=O)cn2)cc1C(=O)O. The van der Waals surface area contributed by atoms with Gasteiger partial charge in [-0.3, -0.25) is 9.59 Å². The minimum atomic E-state index is -1.07. The van der Waals surface area contributed by atoms with Gasteiger partial charge in [0.25, 0.3) is 11.5 Å². The molecule has 7 heteroatoms. The number of aromatic amines is 1. The average molecular weight is 273 g/mol. The van der Waals surface area contributed by atoms with Crippen molar-refractivity contribution in [2.75, 3.05) is 5.32 Å². The maximum Gasteiger partial charge on any atom is 0.336 e. The van der Waals surface area contributed by atoms with Crippen LogP contribution in [0.4, 0.5) is 5.69 Å². The molecule has 102 valence electrons. The number of carboxylic acid groups (broad SMARTS) is 1. The van der Waals surface area contributed by atoms with Crippen molar-refractivity contribution in [2.24, 2.45) is 0 Å². The molecule has 0 aliphatic carbocycles. The maximum absolute atomic E-state index is 11.8. The number of hydrogen-bond donors (Lipinski definition) is 3. The number of anilines is 1. The van der Waals surface area contributed by atoms with E-state index in [9.17, 15) is 14.4 Å². The van der Waals surface area contributed by atoms with Crippen LogP contribution in [0.15, 0.2) is 35.4 Å². The molecule has 1 amide bonds. The number of aromatic carboxylic acids is 1. The summed E-state index contributed by atoms with van der Waals surface area (Å²) < 4.78 is 0. The molecule has 0 atom stereocenters. The number of nitrogens with one attached hydrogen (secondary N) is 2. The molecule has 0 bridgehead atoms. The zero-order chi connectivity index (χ0) is 14.7. The second kappa shape index (κ2) is 5.35. The van der Waals surface area contributed by atoms with Crippen LogP contribution < -0.4 is 10.9 Å². The fourth-order valence-electron chi connectivity index (χ4n) is 1.59. The van der Waals surface area contributed by atoms with Crippen LogP contribution in [0.1, 0.15) is 26.4 Å². The summed E-state index contributed by atoms with van der Waals surface area (Å²) in [6, 6.07) is 4.55. The van der Waals surface area contributed by atoms with Crippen molar-refractivity contribution in [1.82, 2.24) is 9.97 Å². The highest BCUT2D eigenvalue weighted by Crippen LogP contribution is 2.15. The fourth-order valence-corrected chi connectivity index (χ4v) is 1.59. The summed E-state index contributed by atoms with van der Waals surface area (Å²) in [6.07, 6.45) is 2.18. The van der Waals surface area contributed by atoms with E-state index >= 15 is 0 Å². The molecule has 2 aromatic rings. The lowest BCUT2D eigenvalue weighted by atomic mass is 10.1. The van der Waals surface area contributed by atoms with Crippen LogP contribution in [0.3, 0.4) is 0 Å². The van der Waals surface area contributed by atoms with Gasteiger partial charge < -0.3 is 15.4 Å². The number of carbonyl (C=O) groups is 2. The first kappa shape index (κ1) is 13.5. The average Bonchev–Trinajstić information content (AvgIpc) is 2.41. The number of hydrogen-bond acceptors (Lipinski definition) is 4. The van der Waals surface area contributed by atoms with E-state index < -0.39 is 17.4 Å². The van der Waals surface area contributed by atoms with Gasteiger partial charge in [-0.1, -0.05) is 6.07 Å². The zero-order valence-electron chi connectivity index (χ0n) is 10.5. The summed E-state index contributed by atoms with van der Waals surface area (Å²) in [5.74, 6) is -1.61. The van der Waals surface area contributed by atoms with Crippen LogP contribution >= 0.6 is 0 Å². The molecule has 3 N–H and O–H groups in total. The van der Waals surface area contributed by atoms with E-state index in [1.54, 1.807) is 19.1 Å². The van der Waals surface area contributed by atoms with Gasteiger partial charge in [-0.15, -0.1) is 0 Å². The van der Waals surface area contributed by atoms with Gasteiger partial charge in [0, 0.05) is 11.9 Å². The third-order valence-electron chi connectivity index (χ3n) is 2.63. The van der Waals surface area contributed by atoms with Crippen molar-refractivity contribution in [3.05, 3.63) is 57.8 Å². The first-order chi connectivity index (χ1) is 9.47. The molecule has 1 aromatic carbocycles. The number of rotatable bonds is 3. The second-order valence-electron chi connectivity index (χ2n) is 4.09. The molecule has 0 unspecified atom stereocenters. The van der Waals surface area contributed by atoms with Crippen LogP contribution in [0, 0.1) is 6.92 Å². The number of nitrogens with zero attached hydrogens (tertiary/aromatic N) is 1. The van der Waals surface area contributed by atoms with Crippen LogP contribution in [-0.2, 0) is 0 Å². The highest BCUT2D eigenvalue weighted by Gasteiger charge is 2.11. The zero-order valence-corrected chi connectivity index (χ0v) is 10.5. The Balaban J connectivity index is 2.24. The molecule has 2 rings (SSSR count). The van der Waals surface area contributed by atoms with E-state index in [1.807, 2.05) is 0 Å². The highest BCUT2D eigenvalue weighted by molar-refractivity contribution is 6.03. The maximum atomic E-state index is 11.8. The molecule has 7 nitrogen and oxygen atoms in total. The lowest BCUT2D eigenvalue weighted by Crippen LogP contribution is -2.17. The van der Waals surface area contributed by atoms with Gasteiger partial charge in [0.2, 0.25) is 0 Å². The molecule has 20 heavy (non-hydrogen) atoms. The van der Waals surface area contributed by atoms with Crippen LogP contribution in [0.5, 0.6) is 0 Å². The molecule has 1 aromatic heterocycles. The Labute approximate surface area is 113 Å². The number of carbonyl (C=O) groups excluding carboxylic acids is 1. The van der Waals surface area contributed by atoms with Gasteiger partial charge in [0.1, 0.15) is 5.69 Å². The van der Waals surface area contributed by atoms with E-state index in [0.717, 1.165) is 6.20 Å². The van der Waals surface area contributed by atoms with Crippen molar-refractivity contribution in [3.63, 3.8) is 0 Å². The third kappa shape index (κ3) is 2.89. The Morgan fingerprint density at radius 2 is 2.10 bits per heavy atom. The first-order valence-electron chi connectivity index (χ1n) is 5.67. The van der Waals surface area contributed by atoms with E-state index in [-0.39, 0.29) is 11.3 Å². The molecule has 0 aliphatic heterocycles. The molecule has 0 spiro atoms. The number of benzene rings is 1. The van der Waals surface area contributed by atoms with Gasteiger partial charge in [0.15, 0.2) is 0 Å². The highest BCUT2D eigenvalue weighted by atomic mass is 16.4. The van der Waals surface area contributed by atoms with E-state index in [2.05, 4.69) is 15.3 Å². The summed E-state index contributed by atoms with van der Waals surface area (Å²) in [6.45, 7) is 1.67. The molecular formula is C13H11N3O4. The van der Waals surface area contributed by atoms with Gasteiger partial charge in [-0.05, 0) is 24.6 Å². The first-order valence-corrected chi connectivity index (χ1v) is 5.67. The summed E-state index contributed by atoms with van der Waals surface area (Å²) in [7, 11) is 0. The Bertz CT molecular complexity index is 716. The molecule has 0 saturated heterocycles. The minimum Gasteiger partial charge on any atom is -0.478 e. The predicted molar refractivity (Wildman–Crippen MR) is 70.9 cm³/mol. The lowest BCUT2D eigenvalue weighted by molar-refractivity contribution is 0.0695. The van der Waals surface area contributed by atoms with Gasteiger partial charge in [-0.2, -0.15) is 0 Å². The van der Waals surface area contributed by atoms with Gasteiger partial charge in [-0.25, -0.2) is 9.78 Å². The van der Waals surface area contributed by atoms with Crippen LogP contribution in [0.2, 0.25) is 0 Å². The molecule has 1 heterocycles. The Kier molecular flexibility index (Phi) is 3.60. The monoisotopic (exact) mass is 273 g/mol. The van der Waals surface area contributed by atoms with E-state index in [4.69, 9.17) is 5.11 Å². The summed E-state index contributed by atoms with van der Waals surface area (Å²) in [5.41, 5.74) is 0.660. The number of aryl methyl sites for hydroxylation is 1. The number of aromatic nitrogens is 2. The molecule has 0 fully saturated rings. The smallest absolute Gasteiger partial charge is 0.336 e. The Morgan fingerprint density at radius 3 is 2.70 bits per heavy atom. The normalized spacial score (nSPS) is 10.1. The molecular weight excluding hydrogens is 262 g/mol. The summed E-state index contributed by atoms with van der Waals surface area (Å²) >= 11 is 0. The van der Waals surface area contributed by atoms with Crippen molar-refractivity contribution >= 4 is 17.6 Å². The van der Waals surface area contributed by atoms with Crippen LogP contribution in [-0.4, -0.2) is 27.0 Å². The largest absolute Gasteiger partial charge is 0.478 e.